The summed E-state index contributed by atoms with van der Waals surface area (Å²) < 4.78 is 70.3. The highest BCUT2D eigenvalue weighted by atomic mass is 79.9. The molecule has 0 saturated heterocycles. The van der Waals surface area contributed by atoms with E-state index in [0.717, 1.165) is 19.1 Å². The third-order valence-corrected chi connectivity index (χ3v) is 4.16. The van der Waals surface area contributed by atoms with Crippen LogP contribution in [-0.4, -0.2) is 18.2 Å². The number of carbonyl (C=O) groups excluding carboxylic acids is 1. The Bertz CT molecular complexity index is 824. The van der Waals surface area contributed by atoms with Crippen molar-refractivity contribution in [3.8, 4) is 5.75 Å². The topological polar surface area (TPSA) is 38.3 Å². The highest BCUT2D eigenvalue weighted by Gasteiger charge is 2.38. The summed E-state index contributed by atoms with van der Waals surface area (Å²) in [4.78, 5) is 12.4. The molecule has 10 heteroatoms. The van der Waals surface area contributed by atoms with E-state index in [2.05, 4.69) is 21.2 Å². The third kappa shape index (κ3) is 4.64. The van der Waals surface area contributed by atoms with Crippen molar-refractivity contribution >= 4 is 39.1 Å². The minimum Gasteiger partial charge on any atom is -0.480 e. The normalized spacial score (nSPS) is 12.6. The van der Waals surface area contributed by atoms with E-state index in [1.165, 1.54) is 12.1 Å². The molecule has 0 fully saturated rings. The van der Waals surface area contributed by atoms with Gasteiger partial charge in [-0.25, -0.2) is 8.78 Å². The lowest BCUT2D eigenvalue weighted by atomic mass is 10.1. The van der Waals surface area contributed by atoms with Gasteiger partial charge in [-0.3, -0.25) is 4.79 Å². The van der Waals surface area contributed by atoms with E-state index >= 15 is 0 Å². The molecule has 0 aliphatic rings. The number of nitrogens with one attached hydrogen (secondary N) is 1. The van der Waals surface area contributed by atoms with E-state index in [1.54, 1.807) is 0 Å². The van der Waals surface area contributed by atoms with Crippen LogP contribution in [0.25, 0.3) is 0 Å². The molecule has 26 heavy (non-hydrogen) atoms. The molecular weight excluding hydrogens is 449 g/mol. The predicted molar refractivity (Wildman–Crippen MR) is 89.6 cm³/mol. The summed E-state index contributed by atoms with van der Waals surface area (Å²) in [6.45, 7) is 0.729. The highest BCUT2D eigenvalue weighted by Crippen LogP contribution is 2.32. The largest absolute Gasteiger partial charge is 0.480 e. The van der Waals surface area contributed by atoms with Crippen LogP contribution in [0.15, 0.2) is 34.8 Å². The molecule has 1 atom stereocenters. The van der Waals surface area contributed by atoms with Gasteiger partial charge in [0.15, 0.2) is 6.10 Å². The number of benzene rings is 2. The highest BCUT2D eigenvalue weighted by molar-refractivity contribution is 9.10. The summed E-state index contributed by atoms with van der Waals surface area (Å²) in [5.41, 5.74) is -0.946. The van der Waals surface area contributed by atoms with Crippen LogP contribution in [-0.2, 0) is 0 Å². The van der Waals surface area contributed by atoms with Crippen molar-refractivity contribution < 1.29 is 31.5 Å². The van der Waals surface area contributed by atoms with Gasteiger partial charge in [0.1, 0.15) is 17.4 Å². The van der Waals surface area contributed by atoms with Crippen LogP contribution in [0, 0.1) is 11.6 Å². The number of ether oxygens (including phenoxy) is 1. The second-order valence-corrected chi connectivity index (χ2v) is 6.38. The maximum absolute atomic E-state index is 13.8. The van der Waals surface area contributed by atoms with Gasteiger partial charge in [-0.05, 0) is 47.1 Å². The Hall–Kier alpha value is -1.87. The molecule has 0 spiro atoms. The zero-order valence-electron chi connectivity index (χ0n) is 12.9. The van der Waals surface area contributed by atoms with Gasteiger partial charge in [0.05, 0.1) is 20.7 Å². The number of halogens is 7. The van der Waals surface area contributed by atoms with Gasteiger partial charge in [0.25, 0.3) is 5.91 Å². The van der Waals surface area contributed by atoms with Crippen molar-refractivity contribution in [1.82, 2.24) is 0 Å². The number of hydrogen-bond acceptors (Lipinski definition) is 2. The van der Waals surface area contributed by atoms with Crippen LogP contribution in [0.1, 0.15) is 17.3 Å². The summed E-state index contributed by atoms with van der Waals surface area (Å²) in [5.74, 6) is -3.41. The van der Waals surface area contributed by atoms with Crippen molar-refractivity contribution in [3.63, 3.8) is 0 Å². The molecule has 0 radical (unpaired) electrons. The fourth-order valence-corrected chi connectivity index (χ4v) is 2.39. The van der Waals surface area contributed by atoms with Gasteiger partial charge in [-0.15, -0.1) is 0 Å². The zero-order chi connectivity index (χ0) is 19.6. The van der Waals surface area contributed by atoms with Gasteiger partial charge >= 0.3 is 6.18 Å². The first-order valence-electron chi connectivity index (χ1n) is 6.98. The molecule has 2 rings (SSSR count). The molecule has 0 saturated carbocycles. The van der Waals surface area contributed by atoms with Crippen LogP contribution in [0.4, 0.5) is 27.6 Å². The maximum atomic E-state index is 13.8. The summed E-state index contributed by atoms with van der Waals surface area (Å²) in [7, 11) is 0. The van der Waals surface area contributed by atoms with Gasteiger partial charge in [-0.2, -0.15) is 13.2 Å². The molecule has 3 nitrogen and oxygen atoms in total. The fraction of sp³-hybridized carbons (Fsp3) is 0.188. The van der Waals surface area contributed by atoms with Crippen LogP contribution in [0.2, 0.25) is 5.02 Å². The van der Waals surface area contributed by atoms with Gasteiger partial charge in [0.2, 0.25) is 0 Å². The average molecular weight is 459 g/mol. The minimum atomic E-state index is -4.70. The van der Waals surface area contributed by atoms with Crippen molar-refractivity contribution in [1.29, 1.82) is 0 Å². The molecule has 0 heterocycles. The standard InChI is InChI=1S/C16H10BrClF5NO2/c1-7(16(21,22)23)26-13-6-9(17)12(20)5-8(13)15(25)24-14-10(18)3-2-4-11(14)19/h2-7H,1H3,(H,24,25)/t7-/m0/s1. The Morgan fingerprint density at radius 1 is 1.23 bits per heavy atom. The first kappa shape index (κ1) is 20.4. The Labute approximate surface area is 158 Å². The van der Waals surface area contributed by atoms with Crippen LogP contribution < -0.4 is 10.1 Å². The molecule has 1 N–H and O–H groups in total. The lowest BCUT2D eigenvalue weighted by Crippen LogP contribution is -2.32. The summed E-state index contributed by atoms with van der Waals surface area (Å²) in [6, 6.07) is 5.17. The number of para-hydroxylation sites is 1. The van der Waals surface area contributed by atoms with Gasteiger partial charge < -0.3 is 10.1 Å². The van der Waals surface area contributed by atoms with E-state index in [9.17, 15) is 26.7 Å². The Morgan fingerprint density at radius 2 is 1.88 bits per heavy atom. The molecule has 0 aromatic heterocycles. The minimum absolute atomic E-state index is 0.137. The lowest BCUT2D eigenvalue weighted by Gasteiger charge is -2.20. The number of amides is 1. The summed E-state index contributed by atoms with van der Waals surface area (Å²) >= 11 is 8.60. The Morgan fingerprint density at radius 3 is 2.46 bits per heavy atom. The van der Waals surface area contributed by atoms with E-state index in [-0.39, 0.29) is 9.50 Å². The van der Waals surface area contributed by atoms with E-state index in [4.69, 9.17) is 16.3 Å². The molecule has 140 valence electrons. The van der Waals surface area contributed by atoms with Crippen molar-refractivity contribution in [2.75, 3.05) is 5.32 Å². The third-order valence-electron chi connectivity index (χ3n) is 3.23. The van der Waals surface area contributed by atoms with E-state index < -0.39 is 46.8 Å². The molecule has 0 aliphatic heterocycles. The summed E-state index contributed by atoms with van der Waals surface area (Å²) in [5, 5.41) is 1.97. The Kier molecular flexibility index (Phi) is 6.13. The number of hydrogen-bond donors (Lipinski definition) is 1. The zero-order valence-corrected chi connectivity index (χ0v) is 15.3. The second-order valence-electron chi connectivity index (χ2n) is 5.11. The average Bonchev–Trinajstić information content (AvgIpc) is 2.53. The number of rotatable bonds is 4. The number of alkyl halides is 3. The van der Waals surface area contributed by atoms with E-state index in [0.29, 0.717) is 6.07 Å². The van der Waals surface area contributed by atoms with Crippen LogP contribution >= 0.6 is 27.5 Å². The molecule has 0 bridgehead atoms. The first-order chi connectivity index (χ1) is 12.0. The maximum Gasteiger partial charge on any atom is 0.425 e. The molecular formula is C16H10BrClF5NO2. The lowest BCUT2D eigenvalue weighted by molar-refractivity contribution is -0.189. The van der Waals surface area contributed by atoms with Crippen LogP contribution in [0.3, 0.4) is 0 Å². The molecule has 0 aliphatic carbocycles. The Balaban J connectivity index is 2.41. The van der Waals surface area contributed by atoms with Gasteiger partial charge in [-0.1, -0.05) is 17.7 Å². The molecule has 0 unspecified atom stereocenters. The quantitative estimate of drug-likeness (QED) is 0.574. The summed E-state index contributed by atoms with van der Waals surface area (Å²) in [6.07, 6.45) is -6.97. The molecule has 1 amide bonds. The number of anilines is 1. The van der Waals surface area contributed by atoms with Crippen molar-refractivity contribution in [3.05, 3.63) is 57.0 Å². The first-order valence-corrected chi connectivity index (χ1v) is 8.15. The van der Waals surface area contributed by atoms with Gasteiger partial charge in [0, 0.05) is 0 Å². The molecule has 2 aromatic carbocycles. The second kappa shape index (κ2) is 7.79. The SMILES string of the molecule is C[C@H](Oc1cc(Br)c(F)cc1C(=O)Nc1c(F)cccc1Cl)C(F)(F)F. The monoisotopic (exact) mass is 457 g/mol. The smallest absolute Gasteiger partial charge is 0.425 e. The van der Waals surface area contributed by atoms with Crippen molar-refractivity contribution in [2.45, 2.75) is 19.2 Å². The van der Waals surface area contributed by atoms with Crippen molar-refractivity contribution in [2.24, 2.45) is 0 Å². The van der Waals surface area contributed by atoms with E-state index in [1.807, 2.05) is 0 Å². The van der Waals surface area contributed by atoms with Crippen LogP contribution in [0.5, 0.6) is 5.75 Å². The predicted octanol–water partition coefficient (Wildman–Crippen LogP) is 5.96. The molecule has 2 aromatic rings. The fourth-order valence-electron chi connectivity index (χ4n) is 1.86. The number of carbonyl (C=O) groups is 1.